The van der Waals surface area contributed by atoms with Crippen LogP contribution < -0.4 is 4.74 Å². The molecule has 1 unspecified atom stereocenters. The number of rotatable bonds is 5. The average Bonchev–Trinajstić information content (AvgIpc) is 2.35. The third-order valence-electron chi connectivity index (χ3n) is 2.41. The maximum atomic E-state index is 10.6. The Morgan fingerprint density at radius 2 is 2.18 bits per heavy atom. The smallest absolute Gasteiger partial charge is 0.215 e. The SMILES string of the molecule is C=C(C#N)C(C[N+](=O)[O-])c1ccc(OC)cc1. The van der Waals surface area contributed by atoms with Gasteiger partial charge >= 0.3 is 0 Å². The van der Waals surface area contributed by atoms with Gasteiger partial charge in [-0.3, -0.25) is 10.1 Å². The lowest BCUT2D eigenvalue weighted by atomic mass is 9.93. The molecule has 1 rings (SSSR count). The molecular formula is C12H12N2O3. The molecule has 88 valence electrons. The molecule has 0 heterocycles. The van der Waals surface area contributed by atoms with Crippen LogP contribution in [0.15, 0.2) is 36.4 Å². The Hall–Kier alpha value is -2.35. The highest BCUT2D eigenvalue weighted by Crippen LogP contribution is 2.25. The van der Waals surface area contributed by atoms with Crippen LogP contribution in [0.3, 0.4) is 0 Å². The molecule has 0 bridgehead atoms. The van der Waals surface area contributed by atoms with Crippen molar-refractivity contribution in [3.8, 4) is 11.8 Å². The Labute approximate surface area is 99.1 Å². The van der Waals surface area contributed by atoms with Crippen LogP contribution in [0, 0.1) is 21.4 Å². The second-order valence-corrected chi connectivity index (χ2v) is 3.48. The van der Waals surface area contributed by atoms with Crippen LogP contribution in [-0.2, 0) is 0 Å². The number of hydrogen-bond donors (Lipinski definition) is 0. The molecule has 0 saturated heterocycles. The summed E-state index contributed by atoms with van der Waals surface area (Å²) in [6, 6.07) is 8.68. The lowest BCUT2D eigenvalue weighted by molar-refractivity contribution is -0.481. The summed E-state index contributed by atoms with van der Waals surface area (Å²) in [7, 11) is 1.54. The van der Waals surface area contributed by atoms with Gasteiger partial charge in [-0.05, 0) is 17.7 Å². The fourth-order valence-corrected chi connectivity index (χ4v) is 1.48. The summed E-state index contributed by atoms with van der Waals surface area (Å²) in [4.78, 5) is 10.1. The van der Waals surface area contributed by atoms with Crippen LogP contribution in [-0.4, -0.2) is 18.6 Å². The van der Waals surface area contributed by atoms with E-state index in [0.717, 1.165) is 0 Å². The lowest BCUT2D eigenvalue weighted by Gasteiger charge is -2.11. The summed E-state index contributed by atoms with van der Waals surface area (Å²) in [5.41, 5.74) is 0.876. The van der Waals surface area contributed by atoms with E-state index in [1.807, 2.05) is 6.07 Å². The standard InChI is InChI=1S/C12H12N2O3/c1-9(7-13)12(8-14(15)16)10-3-5-11(17-2)6-4-10/h3-6,12H,1,8H2,2H3. The van der Waals surface area contributed by atoms with Gasteiger partial charge in [0.25, 0.3) is 0 Å². The summed E-state index contributed by atoms with van der Waals surface area (Å²) in [6.07, 6.45) is 0. The third-order valence-corrected chi connectivity index (χ3v) is 2.41. The molecule has 0 aliphatic rings. The van der Waals surface area contributed by atoms with E-state index in [1.165, 1.54) is 7.11 Å². The fraction of sp³-hybridized carbons (Fsp3) is 0.250. The molecule has 1 aromatic rings. The first kappa shape index (κ1) is 12.7. The summed E-state index contributed by atoms with van der Waals surface area (Å²) >= 11 is 0. The molecule has 1 atom stereocenters. The zero-order valence-electron chi connectivity index (χ0n) is 9.42. The number of benzene rings is 1. The first-order valence-electron chi connectivity index (χ1n) is 4.93. The predicted molar refractivity (Wildman–Crippen MR) is 62.3 cm³/mol. The molecule has 0 radical (unpaired) electrons. The molecule has 0 spiro atoms. The third kappa shape index (κ3) is 3.31. The predicted octanol–water partition coefficient (Wildman–Crippen LogP) is 2.14. The lowest BCUT2D eigenvalue weighted by Crippen LogP contribution is -2.13. The Kier molecular flexibility index (Phi) is 4.23. The molecule has 1 aromatic carbocycles. The van der Waals surface area contributed by atoms with Crippen molar-refractivity contribution in [3.05, 3.63) is 52.1 Å². The number of nitrogens with zero attached hydrogens (tertiary/aromatic N) is 2. The highest BCUT2D eigenvalue weighted by atomic mass is 16.6. The molecule has 17 heavy (non-hydrogen) atoms. The van der Waals surface area contributed by atoms with Gasteiger partial charge in [-0.15, -0.1) is 0 Å². The molecular weight excluding hydrogens is 220 g/mol. The highest BCUT2D eigenvalue weighted by molar-refractivity contribution is 5.37. The van der Waals surface area contributed by atoms with E-state index in [-0.39, 0.29) is 12.1 Å². The van der Waals surface area contributed by atoms with Gasteiger partial charge in [-0.2, -0.15) is 5.26 Å². The number of hydrogen-bond acceptors (Lipinski definition) is 4. The molecule has 0 aromatic heterocycles. The summed E-state index contributed by atoms with van der Waals surface area (Å²) in [5, 5.41) is 19.3. The van der Waals surface area contributed by atoms with Gasteiger partial charge in [0.15, 0.2) is 0 Å². The largest absolute Gasteiger partial charge is 0.497 e. The molecule has 5 heteroatoms. The molecule has 0 N–H and O–H groups in total. The van der Waals surface area contributed by atoms with Crippen molar-refractivity contribution in [2.24, 2.45) is 0 Å². The zero-order valence-corrected chi connectivity index (χ0v) is 9.42. The van der Waals surface area contributed by atoms with Gasteiger partial charge in [0.2, 0.25) is 6.54 Å². The van der Waals surface area contributed by atoms with Crippen molar-refractivity contribution in [3.63, 3.8) is 0 Å². The maximum absolute atomic E-state index is 10.6. The van der Waals surface area contributed by atoms with Crippen molar-refractivity contribution in [2.45, 2.75) is 5.92 Å². The van der Waals surface area contributed by atoms with Crippen LogP contribution in [0.5, 0.6) is 5.75 Å². The summed E-state index contributed by atoms with van der Waals surface area (Å²) in [6.45, 7) is 3.21. The van der Waals surface area contributed by atoms with Gasteiger partial charge in [-0.25, -0.2) is 0 Å². The minimum Gasteiger partial charge on any atom is -0.497 e. The Morgan fingerprint density at radius 1 is 1.59 bits per heavy atom. The van der Waals surface area contributed by atoms with E-state index < -0.39 is 10.8 Å². The van der Waals surface area contributed by atoms with Gasteiger partial charge in [-0.1, -0.05) is 18.7 Å². The van der Waals surface area contributed by atoms with E-state index in [1.54, 1.807) is 24.3 Å². The molecule has 5 nitrogen and oxygen atoms in total. The molecule has 0 aliphatic heterocycles. The topological polar surface area (TPSA) is 76.2 Å². The number of nitro groups is 1. The second-order valence-electron chi connectivity index (χ2n) is 3.48. The highest BCUT2D eigenvalue weighted by Gasteiger charge is 2.21. The monoisotopic (exact) mass is 232 g/mol. The molecule has 0 amide bonds. The quantitative estimate of drug-likeness (QED) is 0.442. The number of ether oxygens (including phenoxy) is 1. The van der Waals surface area contributed by atoms with Gasteiger partial charge in [0.1, 0.15) is 5.75 Å². The zero-order chi connectivity index (χ0) is 12.8. The van der Waals surface area contributed by atoms with E-state index in [4.69, 9.17) is 10.00 Å². The molecule has 0 fully saturated rings. The van der Waals surface area contributed by atoms with Crippen molar-refractivity contribution < 1.29 is 9.66 Å². The normalized spacial score (nSPS) is 11.3. The Balaban J connectivity index is 3.00. The first-order valence-corrected chi connectivity index (χ1v) is 4.93. The van der Waals surface area contributed by atoms with Crippen molar-refractivity contribution >= 4 is 0 Å². The van der Waals surface area contributed by atoms with Crippen LogP contribution in [0.2, 0.25) is 0 Å². The maximum Gasteiger partial charge on any atom is 0.215 e. The van der Waals surface area contributed by atoms with Crippen LogP contribution in [0.1, 0.15) is 11.5 Å². The minimum absolute atomic E-state index is 0.187. The van der Waals surface area contributed by atoms with Gasteiger partial charge in [0.05, 0.1) is 19.1 Å². The second kappa shape index (κ2) is 5.66. The first-order chi connectivity index (χ1) is 8.08. The number of nitriles is 1. The van der Waals surface area contributed by atoms with Crippen molar-refractivity contribution in [2.75, 3.05) is 13.7 Å². The van der Waals surface area contributed by atoms with E-state index in [2.05, 4.69) is 6.58 Å². The summed E-state index contributed by atoms with van der Waals surface area (Å²) < 4.78 is 5.00. The van der Waals surface area contributed by atoms with Gasteiger partial charge in [0, 0.05) is 10.5 Å². The molecule has 0 aliphatic carbocycles. The van der Waals surface area contributed by atoms with Crippen molar-refractivity contribution in [1.82, 2.24) is 0 Å². The summed E-state index contributed by atoms with van der Waals surface area (Å²) in [5.74, 6) is 0.0806. The van der Waals surface area contributed by atoms with E-state index >= 15 is 0 Å². The number of methoxy groups -OCH3 is 1. The van der Waals surface area contributed by atoms with Crippen molar-refractivity contribution in [1.29, 1.82) is 5.26 Å². The van der Waals surface area contributed by atoms with Crippen LogP contribution in [0.4, 0.5) is 0 Å². The van der Waals surface area contributed by atoms with Gasteiger partial charge < -0.3 is 4.74 Å². The fourth-order valence-electron chi connectivity index (χ4n) is 1.48. The average molecular weight is 232 g/mol. The Morgan fingerprint density at radius 3 is 2.59 bits per heavy atom. The Bertz CT molecular complexity index is 460. The molecule has 0 saturated carbocycles. The van der Waals surface area contributed by atoms with E-state index in [0.29, 0.717) is 11.3 Å². The van der Waals surface area contributed by atoms with E-state index in [9.17, 15) is 10.1 Å². The van der Waals surface area contributed by atoms with Crippen LogP contribution >= 0.6 is 0 Å². The van der Waals surface area contributed by atoms with Crippen LogP contribution in [0.25, 0.3) is 0 Å². The minimum atomic E-state index is -0.582.